The predicted octanol–water partition coefficient (Wildman–Crippen LogP) is 4.44. The summed E-state index contributed by atoms with van der Waals surface area (Å²) in [5.41, 5.74) is -2.37. The molecule has 7 unspecified atom stereocenters. The summed E-state index contributed by atoms with van der Waals surface area (Å²) in [6, 6.07) is 5.21. The first-order valence-corrected chi connectivity index (χ1v) is 21.3. The number of carbonyl (C=O) groups excluding carboxylic acids is 4. The fourth-order valence-electron chi connectivity index (χ4n) is 7.83. The van der Waals surface area contributed by atoms with E-state index < -0.39 is 73.8 Å². The number of allylic oxidation sites excluding steroid dienone is 1. The Balaban J connectivity index is 1.37. The molecule has 0 radical (unpaired) electrons. The normalized spacial score (nSPS) is 28.8. The molecule has 0 bridgehead atoms. The van der Waals surface area contributed by atoms with Crippen molar-refractivity contribution in [3.63, 3.8) is 0 Å². The zero-order valence-electron chi connectivity index (χ0n) is 34.5. The maximum absolute atomic E-state index is 14.9. The van der Waals surface area contributed by atoms with E-state index in [1.165, 1.54) is 4.90 Å². The van der Waals surface area contributed by atoms with E-state index in [1.54, 1.807) is 40.9 Å². The number of sulfonamides is 1. The first-order valence-electron chi connectivity index (χ1n) is 19.8. The van der Waals surface area contributed by atoms with Crippen molar-refractivity contribution in [3.8, 4) is 11.6 Å². The lowest BCUT2D eigenvalue weighted by atomic mass is 9.88. The molecule has 2 aromatic rings. The number of nitrogens with one attached hydrogen (secondary N) is 3. The van der Waals surface area contributed by atoms with Gasteiger partial charge in [-0.3, -0.25) is 19.1 Å². The monoisotopic (exact) mass is 810 g/mol. The number of alkyl carbamates (subject to hydrolysis) is 1. The van der Waals surface area contributed by atoms with Gasteiger partial charge in [-0.2, -0.15) is 4.98 Å². The van der Waals surface area contributed by atoms with Crippen LogP contribution >= 0.6 is 0 Å². The van der Waals surface area contributed by atoms with Crippen molar-refractivity contribution in [2.24, 2.45) is 17.8 Å². The van der Waals surface area contributed by atoms with Crippen molar-refractivity contribution < 1.29 is 41.8 Å². The van der Waals surface area contributed by atoms with Crippen LogP contribution < -0.4 is 29.7 Å². The Labute approximate surface area is 335 Å². The Kier molecular flexibility index (Phi) is 11.5. The van der Waals surface area contributed by atoms with Crippen LogP contribution in [0.1, 0.15) is 86.5 Å². The Morgan fingerprint density at radius 1 is 1.09 bits per heavy atom. The maximum atomic E-state index is 14.9. The van der Waals surface area contributed by atoms with Gasteiger partial charge in [0.1, 0.15) is 40.9 Å². The number of pyridine rings is 1. The molecule has 4 amide bonds. The van der Waals surface area contributed by atoms with Crippen LogP contribution in [0.3, 0.4) is 0 Å². The summed E-state index contributed by atoms with van der Waals surface area (Å²) in [4.78, 5) is 64.7. The summed E-state index contributed by atoms with van der Waals surface area (Å²) in [5, 5.41) is 7.25. The van der Waals surface area contributed by atoms with Crippen molar-refractivity contribution in [2.45, 2.75) is 121 Å². The number of nitrogens with zero attached hydrogens (tertiary/aromatic N) is 3. The minimum Gasteiger partial charge on any atom is -0.497 e. The highest BCUT2D eigenvalue weighted by Crippen LogP contribution is 2.47. The molecular weight excluding hydrogens is 753 g/mol. The lowest BCUT2D eigenvalue weighted by Crippen LogP contribution is -2.59. The van der Waals surface area contributed by atoms with Crippen LogP contribution in [0, 0.1) is 17.8 Å². The van der Waals surface area contributed by atoms with Gasteiger partial charge in [0.2, 0.25) is 27.7 Å². The number of hydrogen-bond donors (Lipinski definition) is 3. The van der Waals surface area contributed by atoms with Gasteiger partial charge < -0.3 is 34.6 Å². The molecule has 7 atom stereocenters. The van der Waals surface area contributed by atoms with E-state index in [1.807, 2.05) is 56.3 Å². The van der Waals surface area contributed by atoms with E-state index in [0.717, 1.165) is 11.8 Å². The lowest BCUT2D eigenvalue weighted by molar-refractivity contribution is -0.142. The standard InChI is InChI=1S/C41H58N6O9S/c1-24-12-10-11-13-27-22-41(27,37(50)45-57(52,53)40(6)16-17-40)44-34(48)31-21-29(23-47(31)36(49)33(25(2)18-24)43-38(51)56-39(3,4)5)55-35-30-15-14-28(54-9)19-26(30)20-32(42-35)46(7)8/h11,13-15,19-20,24-25,27,29,31,33H,10,12,16-18,21-23H2,1-9H3,(H,43,51)(H,44,48)(H,45,50). The van der Waals surface area contributed by atoms with Gasteiger partial charge in [0.15, 0.2) is 0 Å². The number of amides is 4. The Hall–Kier alpha value is -4.60. The molecule has 3 N–H and O–H groups in total. The highest BCUT2D eigenvalue weighted by Gasteiger charge is 2.63. The smallest absolute Gasteiger partial charge is 0.408 e. The first kappa shape index (κ1) is 42.0. The Morgan fingerprint density at radius 3 is 2.46 bits per heavy atom. The zero-order valence-corrected chi connectivity index (χ0v) is 35.3. The minimum absolute atomic E-state index is 0.0294. The summed E-state index contributed by atoms with van der Waals surface area (Å²) in [6.07, 6.45) is 5.46. The van der Waals surface area contributed by atoms with E-state index >= 15 is 0 Å². The maximum Gasteiger partial charge on any atom is 0.408 e. The highest BCUT2D eigenvalue weighted by atomic mass is 32.2. The minimum atomic E-state index is -4.01. The summed E-state index contributed by atoms with van der Waals surface area (Å²) >= 11 is 0. The number of rotatable bonds is 8. The number of ether oxygens (including phenoxy) is 3. The molecule has 3 fully saturated rings. The van der Waals surface area contributed by atoms with Gasteiger partial charge in [-0.15, -0.1) is 0 Å². The van der Waals surface area contributed by atoms with Crippen LogP contribution in [0.25, 0.3) is 10.8 Å². The third kappa shape index (κ3) is 9.10. The van der Waals surface area contributed by atoms with E-state index in [4.69, 9.17) is 19.2 Å². The number of aromatic nitrogens is 1. The number of benzene rings is 1. The van der Waals surface area contributed by atoms with E-state index in [0.29, 0.717) is 48.5 Å². The van der Waals surface area contributed by atoms with Crippen LogP contribution in [-0.2, 0) is 29.1 Å². The van der Waals surface area contributed by atoms with Gasteiger partial charge in [0.25, 0.3) is 5.91 Å². The molecule has 2 aliphatic heterocycles. The van der Waals surface area contributed by atoms with Crippen LogP contribution in [0.2, 0.25) is 0 Å². The number of fused-ring (bicyclic) bond motifs is 3. The fourth-order valence-corrected chi connectivity index (χ4v) is 9.14. The molecule has 312 valence electrons. The summed E-state index contributed by atoms with van der Waals surface area (Å²) in [6.45, 7) is 10.7. The predicted molar refractivity (Wildman–Crippen MR) is 215 cm³/mol. The fraction of sp³-hybridized carbons (Fsp3) is 0.634. The first-order chi connectivity index (χ1) is 26.6. The van der Waals surface area contributed by atoms with Crippen molar-refractivity contribution >= 4 is 50.4 Å². The van der Waals surface area contributed by atoms with Crippen molar-refractivity contribution in [1.82, 2.24) is 25.2 Å². The molecule has 2 saturated carbocycles. The van der Waals surface area contributed by atoms with Crippen LogP contribution in [0.5, 0.6) is 11.6 Å². The van der Waals surface area contributed by atoms with Gasteiger partial charge >= 0.3 is 6.09 Å². The summed E-state index contributed by atoms with van der Waals surface area (Å²) in [7, 11) is 1.29. The average molecular weight is 811 g/mol. The van der Waals surface area contributed by atoms with E-state index in [9.17, 15) is 27.6 Å². The largest absolute Gasteiger partial charge is 0.497 e. The SMILES string of the molecule is COc1ccc2c(OC3CC4C(=O)NC5(C(=O)NS(=O)(=O)C6(C)CC6)CC5C=CCCC(C)CC(C)C(NC(=O)OC(C)(C)C)C(=O)N4C3)nc(N(C)C)cc2c1. The van der Waals surface area contributed by atoms with Crippen LogP contribution in [0.4, 0.5) is 10.6 Å². The van der Waals surface area contributed by atoms with Crippen molar-refractivity contribution in [3.05, 3.63) is 36.4 Å². The highest BCUT2D eigenvalue weighted by molar-refractivity contribution is 7.91. The van der Waals surface area contributed by atoms with Gasteiger partial charge in [-0.05, 0) is 108 Å². The third-order valence-corrected chi connectivity index (χ3v) is 13.8. The molecule has 1 saturated heterocycles. The molecule has 15 nitrogen and oxygen atoms in total. The summed E-state index contributed by atoms with van der Waals surface area (Å²) < 4.78 is 45.4. The van der Waals surface area contributed by atoms with Crippen molar-refractivity contribution in [2.75, 3.05) is 32.6 Å². The topological polar surface area (TPSA) is 186 Å². The lowest BCUT2D eigenvalue weighted by Gasteiger charge is -2.33. The molecule has 16 heteroatoms. The summed E-state index contributed by atoms with van der Waals surface area (Å²) in [5.74, 6) is -1.03. The van der Waals surface area contributed by atoms with Gasteiger partial charge in [0.05, 0.1) is 18.4 Å². The zero-order chi connectivity index (χ0) is 41.7. The second-order valence-corrected chi connectivity index (χ2v) is 20.0. The van der Waals surface area contributed by atoms with Gasteiger partial charge in [0, 0.05) is 31.8 Å². The molecule has 6 rings (SSSR count). The van der Waals surface area contributed by atoms with E-state index in [-0.39, 0.29) is 31.2 Å². The third-order valence-electron chi connectivity index (χ3n) is 11.6. The molecule has 1 aromatic heterocycles. The molecule has 3 heterocycles. The molecule has 4 aliphatic rings. The molecule has 2 aliphatic carbocycles. The molecule has 1 aromatic carbocycles. The second-order valence-electron chi connectivity index (χ2n) is 17.9. The number of methoxy groups -OCH3 is 1. The van der Waals surface area contributed by atoms with Gasteiger partial charge in [-0.1, -0.05) is 26.0 Å². The number of anilines is 1. The molecule has 0 spiro atoms. The van der Waals surface area contributed by atoms with Crippen LogP contribution in [0.15, 0.2) is 36.4 Å². The second kappa shape index (κ2) is 15.6. The van der Waals surface area contributed by atoms with E-state index in [2.05, 4.69) is 22.3 Å². The Morgan fingerprint density at radius 2 is 1.81 bits per heavy atom. The molecule has 57 heavy (non-hydrogen) atoms. The number of hydrogen-bond acceptors (Lipinski definition) is 11. The average Bonchev–Trinajstić information content (AvgIpc) is 4.00. The molecular formula is C41H58N6O9S. The quantitative estimate of drug-likeness (QED) is 0.321. The van der Waals surface area contributed by atoms with Gasteiger partial charge in [-0.25, -0.2) is 13.2 Å². The number of carbonyl (C=O) groups is 4. The van der Waals surface area contributed by atoms with Crippen molar-refractivity contribution in [1.29, 1.82) is 0 Å². The Bertz CT molecular complexity index is 2040. The van der Waals surface area contributed by atoms with Crippen LogP contribution in [-0.4, -0.2) is 104 Å².